The topological polar surface area (TPSA) is 54.9 Å². The standard InChI is InChI=1S/C11H11N3O/c1-12-7-11(15)9-4-2-3-8-5-13-14-6-10(8)9/h2-6,12H,7H2,1H3. The molecule has 0 fully saturated rings. The Morgan fingerprint density at radius 2 is 2.13 bits per heavy atom. The molecule has 0 aliphatic rings. The van der Waals surface area contributed by atoms with Crippen LogP contribution in [0.1, 0.15) is 10.4 Å². The molecule has 0 saturated carbocycles. The second-order valence-corrected chi connectivity index (χ2v) is 3.25. The molecular formula is C11H11N3O. The van der Waals surface area contributed by atoms with Crippen molar-refractivity contribution >= 4 is 16.6 Å². The predicted octanol–water partition coefficient (Wildman–Crippen LogP) is 1.03. The maximum atomic E-state index is 11.7. The number of carbonyl (C=O) groups is 1. The molecular weight excluding hydrogens is 190 g/mol. The minimum atomic E-state index is 0.0658. The maximum Gasteiger partial charge on any atom is 0.177 e. The number of fused-ring (bicyclic) bond motifs is 1. The fourth-order valence-corrected chi connectivity index (χ4v) is 1.53. The van der Waals surface area contributed by atoms with E-state index >= 15 is 0 Å². The average Bonchev–Trinajstić information content (AvgIpc) is 2.28. The third-order valence-corrected chi connectivity index (χ3v) is 2.23. The number of nitrogens with zero attached hydrogens (tertiary/aromatic N) is 2. The van der Waals surface area contributed by atoms with E-state index in [0.29, 0.717) is 12.1 Å². The number of benzene rings is 1. The maximum absolute atomic E-state index is 11.7. The van der Waals surface area contributed by atoms with Gasteiger partial charge in [-0.25, -0.2) is 0 Å². The van der Waals surface area contributed by atoms with E-state index in [-0.39, 0.29) is 5.78 Å². The number of nitrogens with one attached hydrogen (secondary N) is 1. The average molecular weight is 201 g/mol. The Balaban J connectivity index is 2.56. The molecule has 0 amide bonds. The van der Waals surface area contributed by atoms with Crippen molar-refractivity contribution in [2.24, 2.45) is 0 Å². The zero-order valence-electron chi connectivity index (χ0n) is 8.40. The second kappa shape index (κ2) is 4.14. The number of aromatic nitrogens is 2. The van der Waals surface area contributed by atoms with Crippen molar-refractivity contribution in [1.29, 1.82) is 0 Å². The molecule has 2 aromatic rings. The van der Waals surface area contributed by atoms with Gasteiger partial charge >= 0.3 is 0 Å². The number of likely N-dealkylation sites (N-methyl/N-ethyl adjacent to an activating group) is 1. The highest BCUT2D eigenvalue weighted by Gasteiger charge is 2.08. The van der Waals surface area contributed by atoms with Crippen LogP contribution in [-0.4, -0.2) is 29.6 Å². The SMILES string of the molecule is CNCC(=O)c1cccc2cnncc12. The van der Waals surface area contributed by atoms with Crippen molar-refractivity contribution in [3.8, 4) is 0 Å². The first-order valence-electron chi connectivity index (χ1n) is 4.70. The molecule has 1 heterocycles. The van der Waals surface area contributed by atoms with Gasteiger partial charge in [0.05, 0.1) is 18.9 Å². The summed E-state index contributed by atoms with van der Waals surface area (Å²) in [4.78, 5) is 11.7. The highest BCUT2D eigenvalue weighted by Crippen LogP contribution is 2.16. The Hall–Kier alpha value is -1.81. The van der Waals surface area contributed by atoms with Crippen LogP contribution in [0.4, 0.5) is 0 Å². The predicted molar refractivity (Wildman–Crippen MR) is 57.8 cm³/mol. The van der Waals surface area contributed by atoms with Crippen molar-refractivity contribution < 1.29 is 4.79 Å². The summed E-state index contributed by atoms with van der Waals surface area (Å²) >= 11 is 0. The normalized spacial score (nSPS) is 10.5. The minimum Gasteiger partial charge on any atom is -0.313 e. The molecule has 4 heteroatoms. The Morgan fingerprint density at radius 3 is 2.93 bits per heavy atom. The van der Waals surface area contributed by atoms with Crippen LogP contribution in [0, 0.1) is 0 Å². The van der Waals surface area contributed by atoms with Crippen molar-refractivity contribution in [3.63, 3.8) is 0 Å². The van der Waals surface area contributed by atoms with E-state index in [1.54, 1.807) is 19.4 Å². The van der Waals surface area contributed by atoms with E-state index in [2.05, 4.69) is 15.5 Å². The lowest BCUT2D eigenvalue weighted by Gasteiger charge is -2.03. The molecule has 0 bridgehead atoms. The summed E-state index contributed by atoms with van der Waals surface area (Å²) in [5.74, 6) is 0.0658. The van der Waals surface area contributed by atoms with Gasteiger partial charge in [-0.3, -0.25) is 4.79 Å². The molecule has 2 rings (SSSR count). The summed E-state index contributed by atoms with van der Waals surface area (Å²) in [5.41, 5.74) is 0.691. The van der Waals surface area contributed by atoms with Gasteiger partial charge in [-0.1, -0.05) is 18.2 Å². The van der Waals surface area contributed by atoms with Gasteiger partial charge in [-0.05, 0) is 7.05 Å². The van der Waals surface area contributed by atoms with Crippen molar-refractivity contribution in [2.45, 2.75) is 0 Å². The van der Waals surface area contributed by atoms with Crippen LogP contribution in [0.5, 0.6) is 0 Å². The van der Waals surface area contributed by atoms with Crippen LogP contribution in [0.15, 0.2) is 30.6 Å². The summed E-state index contributed by atoms with van der Waals surface area (Å²) < 4.78 is 0. The highest BCUT2D eigenvalue weighted by molar-refractivity contribution is 6.08. The lowest BCUT2D eigenvalue weighted by molar-refractivity contribution is 0.0995. The Labute approximate surface area is 87.3 Å². The molecule has 76 valence electrons. The minimum absolute atomic E-state index is 0.0658. The van der Waals surface area contributed by atoms with Crippen LogP contribution in [0.3, 0.4) is 0 Å². The summed E-state index contributed by atoms with van der Waals surface area (Å²) in [6.07, 6.45) is 3.28. The van der Waals surface area contributed by atoms with Crippen LogP contribution in [0.25, 0.3) is 10.8 Å². The quantitative estimate of drug-likeness (QED) is 0.753. The van der Waals surface area contributed by atoms with Gasteiger partial charge in [0.25, 0.3) is 0 Å². The number of hydrogen-bond acceptors (Lipinski definition) is 4. The lowest BCUT2D eigenvalue weighted by Crippen LogP contribution is -2.18. The van der Waals surface area contributed by atoms with Gasteiger partial charge in [0.1, 0.15) is 0 Å². The smallest absolute Gasteiger partial charge is 0.177 e. The summed E-state index contributed by atoms with van der Waals surface area (Å²) in [6, 6.07) is 5.58. The molecule has 0 unspecified atom stereocenters. The molecule has 0 atom stereocenters. The number of Topliss-reactive ketones (excluding diaryl/α,β-unsaturated/α-hetero) is 1. The number of carbonyl (C=O) groups excluding carboxylic acids is 1. The molecule has 1 aromatic carbocycles. The number of rotatable bonds is 3. The first-order valence-corrected chi connectivity index (χ1v) is 4.70. The summed E-state index contributed by atoms with van der Waals surface area (Å²) in [7, 11) is 1.75. The van der Waals surface area contributed by atoms with E-state index in [0.717, 1.165) is 10.8 Å². The first-order chi connectivity index (χ1) is 7.33. The third kappa shape index (κ3) is 1.85. The fourth-order valence-electron chi connectivity index (χ4n) is 1.53. The van der Waals surface area contributed by atoms with Gasteiger partial charge in [-0.2, -0.15) is 10.2 Å². The van der Waals surface area contributed by atoms with E-state index in [4.69, 9.17) is 0 Å². The van der Waals surface area contributed by atoms with Crippen LogP contribution < -0.4 is 5.32 Å². The molecule has 0 radical (unpaired) electrons. The molecule has 0 saturated heterocycles. The van der Waals surface area contributed by atoms with E-state index in [9.17, 15) is 4.79 Å². The van der Waals surface area contributed by atoms with Crippen molar-refractivity contribution in [2.75, 3.05) is 13.6 Å². The molecule has 1 N–H and O–H groups in total. The van der Waals surface area contributed by atoms with E-state index in [1.807, 2.05) is 18.2 Å². The lowest BCUT2D eigenvalue weighted by atomic mass is 10.0. The number of ketones is 1. The van der Waals surface area contributed by atoms with Crippen molar-refractivity contribution in [1.82, 2.24) is 15.5 Å². The monoisotopic (exact) mass is 201 g/mol. The van der Waals surface area contributed by atoms with Crippen LogP contribution in [0.2, 0.25) is 0 Å². The highest BCUT2D eigenvalue weighted by atomic mass is 16.1. The Morgan fingerprint density at radius 1 is 1.33 bits per heavy atom. The zero-order valence-corrected chi connectivity index (χ0v) is 8.40. The van der Waals surface area contributed by atoms with Gasteiger partial charge in [-0.15, -0.1) is 0 Å². The molecule has 4 nitrogen and oxygen atoms in total. The molecule has 0 aliphatic carbocycles. The first kappa shape index (κ1) is 9.73. The van der Waals surface area contributed by atoms with Crippen molar-refractivity contribution in [3.05, 3.63) is 36.2 Å². The second-order valence-electron chi connectivity index (χ2n) is 3.25. The molecule has 0 aliphatic heterocycles. The van der Waals surface area contributed by atoms with Gasteiger partial charge in [0, 0.05) is 16.3 Å². The van der Waals surface area contributed by atoms with Crippen LogP contribution >= 0.6 is 0 Å². The van der Waals surface area contributed by atoms with Gasteiger partial charge in [0.15, 0.2) is 5.78 Å². The van der Waals surface area contributed by atoms with Gasteiger partial charge < -0.3 is 5.32 Å². The van der Waals surface area contributed by atoms with Crippen LogP contribution in [-0.2, 0) is 0 Å². The summed E-state index contributed by atoms with van der Waals surface area (Å²) in [6.45, 7) is 0.335. The Kier molecular flexibility index (Phi) is 2.69. The third-order valence-electron chi connectivity index (χ3n) is 2.23. The Bertz CT molecular complexity index is 491. The molecule has 15 heavy (non-hydrogen) atoms. The fraction of sp³-hybridized carbons (Fsp3) is 0.182. The summed E-state index contributed by atoms with van der Waals surface area (Å²) in [5, 5.41) is 12.2. The molecule has 0 spiro atoms. The number of hydrogen-bond donors (Lipinski definition) is 1. The van der Waals surface area contributed by atoms with E-state index in [1.165, 1.54) is 0 Å². The zero-order chi connectivity index (χ0) is 10.7. The molecule has 1 aromatic heterocycles. The largest absolute Gasteiger partial charge is 0.313 e. The van der Waals surface area contributed by atoms with Gasteiger partial charge in [0.2, 0.25) is 0 Å². The van der Waals surface area contributed by atoms with E-state index < -0.39 is 0 Å².